The van der Waals surface area contributed by atoms with E-state index in [9.17, 15) is 14.7 Å². The summed E-state index contributed by atoms with van der Waals surface area (Å²) in [5, 5.41) is 10.8. The second-order valence-corrected chi connectivity index (χ2v) is 8.17. The number of amides is 1. The molecule has 2 heterocycles. The summed E-state index contributed by atoms with van der Waals surface area (Å²) < 4.78 is 11.4. The molecule has 0 saturated heterocycles. The van der Waals surface area contributed by atoms with Gasteiger partial charge in [-0.05, 0) is 60.5 Å². The minimum absolute atomic E-state index is 0.0468. The van der Waals surface area contributed by atoms with Crippen LogP contribution in [0.25, 0.3) is 0 Å². The van der Waals surface area contributed by atoms with Crippen molar-refractivity contribution in [1.29, 1.82) is 0 Å². The summed E-state index contributed by atoms with van der Waals surface area (Å²) in [6.45, 7) is 0. The Morgan fingerprint density at radius 2 is 1.51 bits per heavy atom. The number of anilines is 1. The van der Waals surface area contributed by atoms with Gasteiger partial charge in [0.15, 0.2) is 11.5 Å². The van der Waals surface area contributed by atoms with Crippen molar-refractivity contribution in [3.05, 3.63) is 126 Å². The van der Waals surface area contributed by atoms with Crippen LogP contribution in [0.15, 0.2) is 119 Å². The average molecular weight is 466 g/mol. The van der Waals surface area contributed by atoms with E-state index in [1.54, 1.807) is 36.4 Å². The molecular weight excluding hydrogens is 442 g/mol. The molecule has 1 aliphatic heterocycles. The molecule has 0 bridgehead atoms. The molecule has 0 fully saturated rings. The molecule has 0 saturated carbocycles. The molecule has 1 amide bonds. The van der Waals surface area contributed by atoms with Gasteiger partial charge >= 0.3 is 0 Å². The number of carbonyl (C=O) groups is 2. The van der Waals surface area contributed by atoms with E-state index in [-0.39, 0.29) is 17.8 Å². The van der Waals surface area contributed by atoms with Gasteiger partial charge in [-0.2, -0.15) is 0 Å². The van der Waals surface area contributed by atoms with Crippen molar-refractivity contribution < 1.29 is 23.8 Å². The number of aryl methyl sites for hydroxylation is 1. The maximum absolute atomic E-state index is 13.3. The molecule has 0 aliphatic carbocycles. The molecule has 35 heavy (non-hydrogen) atoms. The summed E-state index contributed by atoms with van der Waals surface area (Å²) >= 11 is 0. The SMILES string of the molecule is O=C(CCc1ccccc1)C1=C(O)C(=O)N(c2ccc(Oc3ccccc3)cc2)C1c1ccco1. The lowest BCUT2D eigenvalue weighted by molar-refractivity contribution is -0.118. The minimum Gasteiger partial charge on any atom is -0.503 e. The molecule has 1 aromatic heterocycles. The number of nitrogens with zero attached hydrogens (tertiary/aromatic N) is 1. The highest BCUT2D eigenvalue weighted by Crippen LogP contribution is 2.42. The van der Waals surface area contributed by atoms with Crippen molar-refractivity contribution in [1.82, 2.24) is 0 Å². The van der Waals surface area contributed by atoms with Crippen LogP contribution in [0.3, 0.4) is 0 Å². The Bertz CT molecular complexity index is 1340. The molecule has 1 N–H and O–H groups in total. The number of furan rings is 1. The van der Waals surface area contributed by atoms with Crippen LogP contribution in [0.5, 0.6) is 11.5 Å². The fraction of sp³-hybridized carbons (Fsp3) is 0.103. The Kier molecular flexibility index (Phi) is 6.18. The molecule has 3 aromatic carbocycles. The Hall–Kier alpha value is -4.58. The zero-order valence-corrected chi connectivity index (χ0v) is 18.8. The summed E-state index contributed by atoms with van der Waals surface area (Å²) in [5.41, 5.74) is 1.56. The normalized spacial score (nSPS) is 15.5. The Balaban J connectivity index is 1.42. The van der Waals surface area contributed by atoms with E-state index in [4.69, 9.17) is 9.15 Å². The maximum atomic E-state index is 13.3. The van der Waals surface area contributed by atoms with E-state index in [1.807, 2.05) is 60.7 Å². The van der Waals surface area contributed by atoms with E-state index in [1.165, 1.54) is 11.2 Å². The quantitative estimate of drug-likeness (QED) is 0.336. The van der Waals surface area contributed by atoms with Crippen molar-refractivity contribution >= 4 is 17.4 Å². The molecule has 0 spiro atoms. The topological polar surface area (TPSA) is 80.0 Å². The second kappa shape index (κ2) is 9.73. The monoisotopic (exact) mass is 465 g/mol. The number of carbonyl (C=O) groups excluding carboxylic acids is 2. The van der Waals surface area contributed by atoms with Crippen LogP contribution >= 0.6 is 0 Å². The fourth-order valence-corrected chi connectivity index (χ4v) is 4.21. The predicted octanol–water partition coefficient (Wildman–Crippen LogP) is 6.17. The third-order valence-corrected chi connectivity index (χ3v) is 5.90. The van der Waals surface area contributed by atoms with Crippen LogP contribution in [0.1, 0.15) is 23.8 Å². The van der Waals surface area contributed by atoms with E-state index < -0.39 is 17.7 Å². The van der Waals surface area contributed by atoms with Gasteiger partial charge in [0, 0.05) is 12.1 Å². The molecule has 6 heteroatoms. The summed E-state index contributed by atoms with van der Waals surface area (Å²) in [6, 6.07) is 28.4. The molecule has 0 radical (unpaired) electrons. The number of aliphatic hydroxyl groups excluding tert-OH is 1. The van der Waals surface area contributed by atoms with Crippen molar-refractivity contribution in [3.63, 3.8) is 0 Å². The first-order valence-electron chi connectivity index (χ1n) is 11.3. The standard InChI is InChI=1S/C29H23NO5/c31-24(18-13-20-8-3-1-4-9-20)26-27(25-12-7-19-34-25)30(29(33)28(26)32)21-14-16-23(17-15-21)35-22-10-5-2-6-11-22/h1-12,14-17,19,27,32H,13,18H2. The Labute approximate surface area is 202 Å². The number of Topliss-reactive ketones (excluding diaryl/α,β-unsaturated/α-hetero) is 1. The third kappa shape index (κ3) is 4.59. The van der Waals surface area contributed by atoms with Gasteiger partial charge in [-0.3, -0.25) is 14.5 Å². The summed E-state index contributed by atoms with van der Waals surface area (Å²) in [7, 11) is 0. The van der Waals surface area contributed by atoms with E-state index in [0.717, 1.165) is 5.56 Å². The summed E-state index contributed by atoms with van der Waals surface area (Å²) in [5.74, 6) is 0.192. The number of benzene rings is 3. The van der Waals surface area contributed by atoms with Crippen LogP contribution in [0.2, 0.25) is 0 Å². The van der Waals surface area contributed by atoms with Gasteiger partial charge in [0.1, 0.15) is 23.3 Å². The lowest BCUT2D eigenvalue weighted by atomic mass is 9.96. The molecule has 1 atom stereocenters. The predicted molar refractivity (Wildman–Crippen MR) is 131 cm³/mol. The van der Waals surface area contributed by atoms with E-state index in [2.05, 4.69) is 0 Å². The van der Waals surface area contributed by atoms with Crippen LogP contribution < -0.4 is 9.64 Å². The highest BCUT2D eigenvalue weighted by atomic mass is 16.5. The lowest BCUT2D eigenvalue weighted by Gasteiger charge is -2.25. The van der Waals surface area contributed by atoms with Crippen LogP contribution in [-0.2, 0) is 16.0 Å². The van der Waals surface area contributed by atoms with Gasteiger partial charge in [-0.25, -0.2) is 0 Å². The number of ether oxygens (including phenoxy) is 1. The zero-order valence-electron chi connectivity index (χ0n) is 18.8. The highest BCUT2D eigenvalue weighted by molar-refractivity contribution is 6.16. The number of hydrogen-bond donors (Lipinski definition) is 1. The Morgan fingerprint density at radius 1 is 0.857 bits per heavy atom. The second-order valence-electron chi connectivity index (χ2n) is 8.17. The van der Waals surface area contributed by atoms with E-state index >= 15 is 0 Å². The van der Waals surface area contributed by atoms with Crippen LogP contribution in [0, 0.1) is 0 Å². The largest absolute Gasteiger partial charge is 0.503 e. The molecule has 174 valence electrons. The molecule has 4 aromatic rings. The highest BCUT2D eigenvalue weighted by Gasteiger charge is 2.45. The molecule has 6 nitrogen and oxygen atoms in total. The van der Waals surface area contributed by atoms with Crippen LogP contribution in [-0.4, -0.2) is 16.8 Å². The van der Waals surface area contributed by atoms with Gasteiger partial charge in [-0.15, -0.1) is 0 Å². The number of para-hydroxylation sites is 1. The smallest absolute Gasteiger partial charge is 0.294 e. The first-order chi connectivity index (χ1) is 17.1. The number of hydrogen-bond acceptors (Lipinski definition) is 5. The first kappa shape index (κ1) is 22.2. The van der Waals surface area contributed by atoms with Gasteiger partial charge in [0.2, 0.25) is 0 Å². The summed E-state index contributed by atoms with van der Waals surface area (Å²) in [6.07, 6.45) is 2.14. The van der Waals surface area contributed by atoms with Crippen molar-refractivity contribution in [2.24, 2.45) is 0 Å². The van der Waals surface area contributed by atoms with Crippen molar-refractivity contribution in [2.75, 3.05) is 4.90 Å². The molecule has 5 rings (SSSR count). The lowest BCUT2D eigenvalue weighted by Crippen LogP contribution is -2.30. The van der Waals surface area contributed by atoms with Gasteiger partial charge in [-0.1, -0.05) is 48.5 Å². The van der Waals surface area contributed by atoms with Gasteiger partial charge < -0.3 is 14.3 Å². The molecule has 1 aliphatic rings. The Morgan fingerprint density at radius 3 is 2.17 bits per heavy atom. The molecule has 1 unspecified atom stereocenters. The number of aliphatic hydroxyl groups is 1. The van der Waals surface area contributed by atoms with Crippen molar-refractivity contribution in [2.45, 2.75) is 18.9 Å². The number of rotatable bonds is 8. The number of ketones is 1. The maximum Gasteiger partial charge on any atom is 0.294 e. The zero-order chi connectivity index (χ0) is 24.2. The minimum atomic E-state index is -0.860. The van der Waals surface area contributed by atoms with Crippen molar-refractivity contribution in [3.8, 4) is 11.5 Å². The third-order valence-electron chi connectivity index (χ3n) is 5.90. The van der Waals surface area contributed by atoms with Gasteiger partial charge in [0.05, 0.1) is 11.8 Å². The fourth-order valence-electron chi connectivity index (χ4n) is 4.21. The van der Waals surface area contributed by atoms with Gasteiger partial charge in [0.25, 0.3) is 5.91 Å². The first-order valence-corrected chi connectivity index (χ1v) is 11.3. The van der Waals surface area contributed by atoms with E-state index in [0.29, 0.717) is 29.4 Å². The summed E-state index contributed by atoms with van der Waals surface area (Å²) in [4.78, 5) is 27.8. The van der Waals surface area contributed by atoms with Crippen LogP contribution in [0.4, 0.5) is 5.69 Å². The molecular formula is C29H23NO5. The average Bonchev–Trinajstić information content (AvgIpc) is 3.51.